The largest absolute Gasteiger partial charge is 0.504 e. The van der Waals surface area contributed by atoms with E-state index in [1.54, 1.807) is 0 Å². The van der Waals surface area contributed by atoms with Crippen LogP contribution >= 0.6 is 0 Å². The van der Waals surface area contributed by atoms with E-state index in [4.69, 9.17) is 13.8 Å². The maximum absolute atomic E-state index is 11.2. The Hall–Kier alpha value is -2.66. The lowest BCUT2D eigenvalue weighted by Crippen LogP contribution is -1.98. The minimum Gasteiger partial charge on any atom is -0.504 e. The zero-order chi connectivity index (χ0) is 19.1. The average Bonchev–Trinajstić information content (AvgIpc) is 2.56. The van der Waals surface area contributed by atoms with E-state index in [0.29, 0.717) is 10.8 Å². The molecular weight excluding hydrogens is 384 g/mol. The maximum atomic E-state index is 11.2. The van der Waals surface area contributed by atoms with E-state index in [1.807, 2.05) is 0 Å². The van der Waals surface area contributed by atoms with E-state index >= 15 is 0 Å². The van der Waals surface area contributed by atoms with Gasteiger partial charge < -0.3 is 9.84 Å². The molecule has 3 aromatic rings. The molecule has 0 fully saturated rings. The molecule has 0 aliphatic heterocycles. The van der Waals surface area contributed by atoms with E-state index in [-0.39, 0.29) is 27.0 Å². The lowest BCUT2D eigenvalue weighted by molar-refractivity contribution is 0.415. The smallest absolute Gasteiger partial charge is 0.294 e. The van der Waals surface area contributed by atoms with Crippen molar-refractivity contribution in [3.63, 3.8) is 0 Å². The highest BCUT2D eigenvalue weighted by molar-refractivity contribution is 7.86. The molecule has 3 aromatic carbocycles. The van der Waals surface area contributed by atoms with Gasteiger partial charge in [0, 0.05) is 5.39 Å². The minimum absolute atomic E-state index is 0.0176. The van der Waals surface area contributed by atoms with Crippen molar-refractivity contribution < 1.29 is 35.8 Å². The van der Waals surface area contributed by atoms with Crippen molar-refractivity contribution in [1.82, 2.24) is 0 Å². The van der Waals surface area contributed by atoms with Gasteiger partial charge in [0.05, 0.1) is 9.79 Å². The summed E-state index contributed by atoms with van der Waals surface area (Å²) in [5, 5.41) is 10.8. The van der Waals surface area contributed by atoms with Crippen LogP contribution in [0, 0.1) is 0 Å². The monoisotopic (exact) mass is 396 g/mol. The molecule has 10 heteroatoms. The van der Waals surface area contributed by atoms with Crippen molar-refractivity contribution in [2.75, 3.05) is 0 Å². The van der Waals surface area contributed by atoms with Crippen LogP contribution < -0.4 is 4.74 Å². The van der Waals surface area contributed by atoms with Gasteiger partial charge in [-0.2, -0.15) is 16.8 Å². The SMILES string of the molecule is O=S(=O)(O)c1ccc(Oc2c(O)ccc3cc(S(=O)(=O)O)ccc23)cc1. The van der Waals surface area contributed by atoms with Gasteiger partial charge in [-0.15, -0.1) is 0 Å². The first-order valence-corrected chi connectivity index (χ1v) is 9.92. The lowest BCUT2D eigenvalue weighted by atomic mass is 10.1. The third kappa shape index (κ3) is 3.63. The number of hydrogen-bond acceptors (Lipinski definition) is 6. The van der Waals surface area contributed by atoms with Crippen LogP contribution in [-0.2, 0) is 20.2 Å². The van der Waals surface area contributed by atoms with E-state index in [2.05, 4.69) is 0 Å². The first-order valence-electron chi connectivity index (χ1n) is 7.04. The summed E-state index contributed by atoms with van der Waals surface area (Å²) in [4.78, 5) is -0.621. The van der Waals surface area contributed by atoms with E-state index in [1.165, 1.54) is 36.4 Å². The summed E-state index contributed by atoms with van der Waals surface area (Å²) in [5.41, 5.74) is 0. The summed E-state index contributed by atoms with van der Waals surface area (Å²) in [6.45, 7) is 0. The molecule has 0 aliphatic rings. The Morgan fingerprint density at radius 2 is 1.31 bits per heavy atom. The zero-order valence-corrected chi connectivity index (χ0v) is 14.5. The van der Waals surface area contributed by atoms with Gasteiger partial charge in [-0.3, -0.25) is 9.11 Å². The number of rotatable bonds is 4. The molecule has 0 aliphatic carbocycles. The van der Waals surface area contributed by atoms with E-state index in [9.17, 15) is 21.9 Å². The Morgan fingerprint density at radius 1 is 0.731 bits per heavy atom. The molecule has 0 bridgehead atoms. The molecule has 0 unspecified atom stereocenters. The molecule has 0 saturated heterocycles. The predicted octanol–water partition coefficient (Wildman–Crippen LogP) is 2.83. The van der Waals surface area contributed by atoms with Crippen molar-refractivity contribution in [2.24, 2.45) is 0 Å². The first-order chi connectivity index (χ1) is 12.1. The summed E-state index contributed by atoms with van der Waals surface area (Å²) in [5.74, 6) is -0.0287. The van der Waals surface area contributed by atoms with Gasteiger partial charge >= 0.3 is 0 Å². The standard InChI is InChI=1S/C16H12O8S2/c17-15-8-1-10-9-13(26(21,22)23)6-7-14(10)16(15)24-11-2-4-12(5-3-11)25(18,19)20/h1-9,17H,(H,18,19,20)(H,21,22,23). The van der Waals surface area contributed by atoms with Gasteiger partial charge in [0.1, 0.15) is 5.75 Å². The molecule has 3 rings (SSSR count). The van der Waals surface area contributed by atoms with Gasteiger partial charge in [-0.05, 0) is 53.9 Å². The summed E-state index contributed by atoms with van der Waals surface area (Å²) in [7, 11) is -8.72. The van der Waals surface area contributed by atoms with Crippen LogP contribution in [0.5, 0.6) is 17.2 Å². The number of benzene rings is 3. The van der Waals surface area contributed by atoms with Crippen LogP contribution in [0.3, 0.4) is 0 Å². The Labute approximate surface area is 148 Å². The number of fused-ring (bicyclic) bond motifs is 1. The second-order valence-corrected chi connectivity index (χ2v) is 8.16. The summed E-state index contributed by atoms with van der Waals surface area (Å²) in [6.07, 6.45) is 0. The molecular formula is C16H12O8S2. The molecule has 0 spiro atoms. The van der Waals surface area contributed by atoms with Crippen LogP contribution in [0.1, 0.15) is 0 Å². The number of hydrogen-bond donors (Lipinski definition) is 3. The number of phenolic OH excluding ortho intramolecular Hbond substituents is 1. The van der Waals surface area contributed by atoms with Crippen molar-refractivity contribution in [3.8, 4) is 17.2 Å². The third-order valence-corrected chi connectivity index (χ3v) is 5.28. The number of ether oxygens (including phenoxy) is 1. The number of aromatic hydroxyl groups is 1. The van der Waals surface area contributed by atoms with E-state index < -0.39 is 20.2 Å². The van der Waals surface area contributed by atoms with Gasteiger partial charge in [0.25, 0.3) is 20.2 Å². The summed E-state index contributed by atoms with van der Waals surface area (Å²) < 4.78 is 68.2. The molecule has 0 atom stereocenters. The molecule has 0 amide bonds. The molecule has 3 N–H and O–H groups in total. The predicted molar refractivity (Wildman–Crippen MR) is 91.8 cm³/mol. The van der Waals surface area contributed by atoms with Crippen molar-refractivity contribution in [2.45, 2.75) is 9.79 Å². The van der Waals surface area contributed by atoms with Crippen LogP contribution in [-0.4, -0.2) is 31.0 Å². The first kappa shape index (κ1) is 18.1. The lowest BCUT2D eigenvalue weighted by Gasteiger charge is -2.12. The molecule has 8 nitrogen and oxygen atoms in total. The molecule has 26 heavy (non-hydrogen) atoms. The number of phenols is 1. The second-order valence-electron chi connectivity index (χ2n) is 5.32. The minimum atomic E-state index is -4.38. The van der Waals surface area contributed by atoms with E-state index in [0.717, 1.165) is 18.2 Å². The Balaban J connectivity index is 2.06. The van der Waals surface area contributed by atoms with Crippen molar-refractivity contribution in [3.05, 3.63) is 54.6 Å². The van der Waals surface area contributed by atoms with Crippen molar-refractivity contribution in [1.29, 1.82) is 0 Å². The van der Waals surface area contributed by atoms with Crippen molar-refractivity contribution >= 4 is 31.0 Å². The van der Waals surface area contributed by atoms with Gasteiger partial charge in [-0.25, -0.2) is 0 Å². The quantitative estimate of drug-likeness (QED) is 0.572. The fourth-order valence-electron chi connectivity index (χ4n) is 2.33. The van der Waals surface area contributed by atoms with Gasteiger partial charge in [-0.1, -0.05) is 6.07 Å². The average molecular weight is 396 g/mol. The van der Waals surface area contributed by atoms with Gasteiger partial charge in [0.2, 0.25) is 0 Å². The Bertz CT molecular complexity index is 1200. The Kier molecular flexibility index (Phi) is 4.36. The summed E-state index contributed by atoms with van der Waals surface area (Å²) >= 11 is 0. The molecule has 0 aromatic heterocycles. The molecule has 136 valence electrons. The third-order valence-electron chi connectivity index (χ3n) is 3.56. The maximum Gasteiger partial charge on any atom is 0.294 e. The summed E-state index contributed by atoms with van der Waals surface area (Å²) in [6, 6.07) is 11.3. The highest BCUT2D eigenvalue weighted by Crippen LogP contribution is 2.38. The van der Waals surface area contributed by atoms with Crippen LogP contribution in [0.15, 0.2) is 64.4 Å². The molecule has 0 radical (unpaired) electrons. The fraction of sp³-hybridized carbons (Fsp3) is 0. The molecule has 0 heterocycles. The Morgan fingerprint density at radius 3 is 1.88 bits per heavy atom. The highest BCUT2D eigenvalue weighted by atomic mass is 32.2. The fourth-order valence-corrected chi connectivity index (χ4v) is 3.33. The van der Waals surface area contributed by atoms with Crippen LogP contribution in [0.4, 0.5) is 0 Å². The normalized spacial score (nSPS) is 12.2. The van der Waals surface area contributed by atoms with Gasteiger partial charge in [0.15, 0.2) is 11.5 Å². The van der Waals surface area contributed by atoms with Crippen LogP contribution in [0.25, 0.3) is 10.8 Å². The second kappa shape index (κ2) is 6.25. The highest BCUT2D eigenvalue weighted by Gasteiger charge is 2.15. The zero-order valence-electron chi connectivity index (χ0n) is 12.9. The topological polar surface area (TPSA) is 138 Å². The van der Waals surface area contributed by atoms with Crippen LogP contribution in [0.2, 0.25) is 0 Å². The molecule has 0 saturated carbocycles.